The summed E-state index contributed by atoms with van der Waals surface area (Å²) < 4.78 is 0. The summed E-state index contributed by atoms with van der Waals surface area (Å²) in [6.45, 7) is 4.06. The van der Waals surface area contributed by atoms with E-state index in [2.05, 4.69) is 5.92 Å². The maximum atomic E-state index is 5.30. The fourth-order valence-corrected chi connectivity index (χ4v) is 1.04. The normalized spacial score (nSPS) is 8.90. The van der Waals surface area contributed by atoms with E-state index in [4.69, 9.17) is 6.42 Å². The molecule has 0 radical (unpaired) electrons. The molecule has 0 unspecified atom stereocenters. The smallest absolute Gasteiger partial charge is 0.0301 e. The van der Waals surface area contributed by atoms with E-state index in [1.165, 1.54) is 11.1 Å². The van der Waals surface area contributed by atoms with E-state index in [-0.39, 0.29) is 0 Å². The van der Waals surface area contributed by atoms with Crippen molar-refractivity contribution in [3.05, 3.63) is 34.9 Å². The Kier molecular flexibility index (Phi) is 1.78. The Morgan fingerprint density at radius 3 is 2.00 bits per heavy atom. The van der Waals surface area contributed by atoms with E-state index in [0.717, 1.165) is 5.56 Å². The number of hydrogen-bond donors (Lipinski definition) is 0. The minimum atomic E-state index is 1.03. The first-order chi connectivity index (χ1) is 4.75. The van der Waals surface area contributed by atoms with Crippen molar-refractivity contribution >= 4 is 0 Å². The second-order valence-electron chi connectivity index (χ2n) is 2.41. The van der Waals surface area contributed by atoms with Crippen molar-refractivity contribution in [3.8, 4) is 12.3 Å². The average Bonchev–Trinajstić information content (AvgIpc) is 1.88. The largest absolute Gasteiger partial charge is 0.115 e. The number of aryl methyl sites for hydroxylation is 2. The molecule has 0 amide bonds. The summed E-state index contributed by atoms with van der Waals surface area (Å²) in [5.74, 6) is 2.66. The fraction of sp³-hybridized carbons (Fsp3) is 0.200. The van der Waals surface area contributed by atoms with Gasteiger partial charge in [0, 0.05) is 5.56 Å². The van der Waals surface area contributed by atoms with Crippen LogP contribution in [0.15, 0.2) is 18.2 Å². The SMILES string of the molecule is C#Cc1c(C)cccc1C. The third-order valence-electron chi connectivity index (χ3n) is 1.63. The molecule has 0 spiro atoms. The van der Waals surface area contributed by atoms with Crippen molar-refractivity contribution in [2.24, 2.45) is 0 Å². The van der Waals surface area contributed by atoms with Crippen LogP contribution < -0.4 is 0 Å². The lowest BCUT2D eigenvalue weighted by atomic mass is 10.0. The van der Waals surface area contributed by atoms with Gasteiger partial charge in [-0.25, -0.2) is 0 Å². The van der Waals surface area contributed by atoms with Gasteiger partial charge in [-0.1, -0.05) is 24.1 Å². The van der Waals surface area contributed by atoms with Crippen LogP contribution in [0.2, 0.25) is 0 Å². The summed E-state index contributed by atoms with van der Waals surface area (Å²) in [4.78, 5) is 0. The van der Waals surface area contributed by atoms with Gasteiger partial charge in [0.25, 0.3) is 0 Å². The highest BCUT2D eigenvalue weighted by molar-refractivity contribution is 5.44. The lowest BCUT2D eigenvalue weighted by Gasteiger charge is -1.99. The molecule has 0 saturated heterocycles. The first kappa shape index (κ1) is 6.89. The van der Waals surface area contributed by atoms with Gasteiger partial charge in [-0.15, -0.1) is 6.42 Å². The van der Waals surface area contributed by atoms with E-state index < -0.39 is 0 Å². The zero-order valence-corrected chi connectivity index (χ0v) is 6.31. The third-order valence-corrected chi connectivity index (χ3v) is 1.63. The van der Waals surface area contributed by atoms with Gasteiger partial charge in [-0.05, 0) is 25.0 Å². The van der Waals surface area contributed by atoms with Crippen LogP contribution >= 0.6 is 0 Å². The monoisotopic (exact) mass is 130 g/mol. The van der Waals surface area contributed by atoms with Crippen LogP contribution in [0, 0.1) is 26.2 Å². The van der Waals surface area contributed by atoms with Crippen molar-refractivity contribution in [3.63, 3.8) is 0 Å². The van der Waals surface area contributed by atoms with E-state index in [9.17, 15) is 0 Å². The zero-order chi connectivity index (χ0) is 7.56. The van der Waals surface area contributed by atoms with Gasteiger partial charge in [0.15, 0.2) is 0 Å². The third kappa shape index (κ3) is 1.04. The molecule has 0 heterocycles. The molecule has 1 aromatic rings. The minimum Gasteiger partial charge on any atom is -0.115 e. The number of rotatable bonds is 0. The van der Waals surface area contributed by atoms with E-state index in [1.54, 1.807) is 0 Å². The summed E-state index contributed by atoms with van der Waals surface area (Å²) >= 11 is 0. The van der Waals surface area contributed by atoms with Gasteiger partial charge >= 0.3 is 0 Å². The van der Waals surface area contributed by atoms with E-state index >= 15 is 0 Å². The molecule has 0 aliphatic rings. The van der Waals surface area contributed by atoms with Crippen molar-refractivity contribution in [2.45, 2.75) is 13.8 Å². The molecule has 10 heavy (non-hydrogen) atoms. The van der Waals surface area contributed by atoms with Crippen molar-refractivity contribution < 1.29 is 0 Å². The molecule has 1 rings (SSSR count). The maximum Gasteiger partial charge on any atom is 0.0301 e. The molecule has 0 fully saturated rings. The van der Waals surface area contributed by atoms with Crippen LogP contribution in [-0.2, 0) is 0 Å². The Morgan fingerprint density at radius 1 is 1.20 bits per heavy atom. The lowest BCUT2D eigenvalue weighted by Crippen LogP contribution is -1.84. The summed E-state index contributed by atoms with van der Waals surface area (Å²) in [5, 5.41) is 0. The fourth-order valence-electron chi connectivity index (χ4n) is 1.04. The second kappa shape index (κ2) is 2.58. The van der Waals surface area contributed by atoms with Crippen molar-refractivity contribution in [2.75, 3.05) is 0 Å². The molecule has 0 aliphatic carbocycles. The molecular weight excluding hydrogens is 120 g/mol. The Balaban J connectivity index is 3.34. The Bertz CT molecular complexity index is 256. The highest BCUT2D eigenvalue weighted by Crippen LogP contribution is 2.10. The number of hydrogen-bond acceptors (Lipinski definition) is 0. The molecule has 0 atom stereocenters. The molecule has 0 bridgehead atoms. The molecule has 0 saturated carbocycles. The summed E-state index contributed by atoms with van der Waals surface area (Å²) in [5.41, 5.74) is 3.40. The van der Waals surface area contributed by atoms with Gasteiger partial charge in [0.2, 0.25) is 0 Å². The second-order valence-corrected chi connectivity index (χ2v) is 2.41. The van der Waals surface area contributed by atoms with E-state index in [1.807, 2.05) is 32.0 Å². The van der Waals surface area contributed by atoms with E-state index in [0.29, 0.717) is 0 Å². The zero-order valence-electron chi connectivity index (χ0n) is 6.31. The van der Waals surface area contributed by atoms with Crippen LogP contribution in [-0.4, -0.2) is 0 Å². The predicted molar refractivity (Wildman–Crippen MR) is 43.9 cm³/mol. The van der Waals surface area contributed by atoms with Crippen molar-refractivity contribution in [1.29, 1.82) is 0 Å². The molecular formula is C10H10. The molecule has 0 N–H and O–H groups in total. The topological polar surface area (TPSA) is 0 Å². The lowest BCUT2D eigenvalue weighted by molar-refractivity contribution is 1.35. The first-order valence-electron chi connectivity index (χ1n) is 3.28. The van der Waals surface area contributed by atoms with Gasteiger partial charge in [0.1, 0.15) is 0 Å². The molecule has 1 aromatic carbocycles. The highest BCUT2D eigenvalue weighted by Gasteiger charge is 1.95. The van der Waals surface area contributed by atoms with Crippen LogP contribution in [0.3, 0.4) is 0 Å². The van der Waals surface area contributed by atoms with Gasteiger partial charge in [0.05, 0.1) is 0 Å². The molecule has 0 nitrogen and oxygen atoms in total. The van der Waals surface area contributed by atoms with Gasteiger partial charge < -0.3 is 0 Å². The first-order valence-corrected chi connectivity index (χ1v) is 3.28. The summed E-state index contributed by atoms with van der Waals surface area (Å²) in [7, 11) is 0. The minimum absolute atomic E-state index is 1.03. The van der Waals surface area contributed by atoms with Crippen LogP contribution in [0.25, 0.3) is 0 Å². The highest BCUT2D eigenvalue weighted by atomic mass is 14.0. The summed E-state index contributed by atoms with van der Waals surface area (Å²) in [6.07, 6.45) is 5.30. The van der Waals surface area contributed by atoms with Crippen LogP contribution in [0.5, 0.6) is 0 Å². The Morgan fingerprint density at radius 2 is 1.70 bits per heavy atom. The quantitative estimate of drug-likeness (QED) is 0.473. The number of terminal acetylenes is 1. The standard InChI is InChI=1S/C10H10/c1-4-10-8(2)6-5-7-9(10)3/h1,5-7H,2-3H3. The van der Waals surface area contributed by atoms with Crippen LogP contribution in [0.1, 0.15) is 16.7 Å². The predicted octanol–water partition coefficient (Wildman–Crippen LogP) is 2.28. The molecule has 0 aliphatic heterocycles. The van der Waals surface area contributed by atoms with Gasteiger partial charge in [-0.2, -0.15) is 0 Å². The average molecular weight is 130 g/mol. The van der Waals surface area contributed by atoms with Crippen molar-refractivity contribution in [1.82, 2.24) is 0 Å². The summed E-state index contributed by atoms with van der Waals surface area (Å²) in [6, 6.07) is 6.08. The maximum absolute atomic E-state index is 5.30. The molecule has 0 heteroatoms. The Hall–Kier alpha value is -1.22. The Labute approximate surface area is 61.9 Å². The number of benzene rings is 1. The van der Waals surface area contributed by atoms with Gasteiger partial charge in [-0.3, -0.25) is 0 Å². The molecule has 0 aromatic heterocycles. The molecule has 50 valence electrons. The van der Waals surface area contributed by atoms with Crippen LogP contribution in [0.4, 0.5) is 0 Å².